The Morgan fingerprint density at radius 1 is 0.857 bits per heavy atom. The normalized spacial score (nSPS) is 11.3. The second-order valence-electron chi connectivity index (χ2n) is 8.76. The molecule has 0 saturated heterocycles. The summed E-state index contributed by atoms with van der Waals surface area (Å²) >= 11 is 2.33. The van der Waals surface area contributed by atoms with Gasteiger partial charge < -0.3 is 20.1 Å². The van der Waals surface area contributed by atoms with E-state index in [9.17, 15) is 22.8 Å². The molecule has 0 aliphatic carbocycles. The highest BCUT2D eigenvalue weighted by Gasteiger charge is 2.30. The van der Waals surface area contributed by atoms with Gasteiger partial charge in [0.2, 0.25) is 10.0 Å². The lowest BCUT2D eigenvalue weighted by Gasteiger charge is -2.12. The van der Waals surface area contributed by atoms with Crippen molar-refractivity contribution in [3.63, 3.8) is 0 Å². The Hall–Kier alpha value is -4.18. The summed E-state index contributed by atoms with van der Waals surface area (Å²) in [6, 6.07) is 7.17. The number of carbonyl (C=O) groups excluding carboxylic acids is 2. The van der Waals surface area contributed by atoms with E-state index in [2.05, 4.69) is 36.0 Å². The lowest BCUT2D eigenvalue weighted by molar-refractivity contribution is -0.137. The van der Waals surface area contributed by atoms with Crippen LogP contribution in [0.2, 0.25) is 0 Å². The van der Waals surface area contributed by atoms with Gasteiger partial charge in [-0.3, -0.25) is 14.6 Å². The highest BCUT2D eigenvalue weighted by molar-refractivity contribution is 7.13. The van der Waals surface area contributed by atoms with E-state index in [-0.39, 0.29) is 34.7 Å². The topological polar surface area (TPSA) is 141 Å². The van der Waals surface area contributed by atoms with Crippen molar-refractivity contribution in [2.75, 3.05) is 14.2 Å². The summed E-state index contributed by atoms with van der Waals surface area (Å²) in [6.45, 7) is 0.0623. The largest absolute Gasteiger partial charge is 0.493 e. The molecule has 0 saturated carbocycles. The molecule has 16 heteroatoms. The number of aromatic nitrogens is 5. The average molecular weight is 622 g/mol. The summed E-state index contributed by atoms with van der Waals surface area (Å²) in [7, 11) is 3.08. The molecule has 2 amide bonds. The summed E-state index contributed by atoms with van der Waals surface area (Å²) < 4.78 is 49.2. The Bertz CT molecular complexity index is 1530. The van der Waals surface area contributed by atoms with Crippen LogP contribution < -0.4 is 20.1 Å². The standard InChI is InChI=1S/C26H26F3N7O4S2/c1-39-18-7-5-6-15(21(18)40-2)13-31-22(37)24-35-33-19(41-24)8-3-4-9-20-34-36-25(42-20)23(38)32-14-17-12-16(10-11-30-17)26(27,28)29/h5-7,10-12H,3-4,8-9,13-14H2,1-2H3,(H,31,37)(H,32,38). The zero-order chi connectivity index (χ0) is 30.1. The third-order valence-electron chi connectivity index (χ3n) is 5.85. The SMILES string of the molecule is COc1cccc(CNC(=O)c2nnc(CCCCc3nnc(C(=O)NCc4cc(C(F)(F)F)ccn4)s3)s2)c1OC. The molecular weight excluding hydrogens is 595 g/mol. The lowest BCUT2D eigenvalue weighted by Crippen LogP contribution is -2.23. The number of hydrogen-bond donors (Lipinski definition) is 2. The highest BCUT2D eigenvalue weighted by atomic mass is 32.1. The van der Waals surface area contributed by atoms with Crippen LogP contribution >= 0.6 is 22.7 Å². The van der Waals surface area contributed by atoms with Crippen molar-refractivity contribution in [1.29, 1.82) is 0 Å². The molecule has 0 aliphatic heterocycles. The third kappa shape index (κ3) is 8.19. The Morgan fingerprint density at radius 2 is 1.48 bits per heavy atom. The van der Waals surface area contributed by atoms with E-state index in [1.54, 1.807) is 13.2 Å². The van der Waals surface area contributed by atoms with Crippen LogP contribution in [0.15, 0.2) is 36.5 Å². The molecule has 0 bridgehead atoms. The van der Waals surface area contributed by atoms with E-state index in [4.69, 9.17) is 9.47 Å². The van der Waals surface area contributed by atoms with E-state index < -0.39 is 17.6 Å². The molecule has 0 aliphatic rings. The zero-order valence-corrected chi connectivity index (χ0v) is 24.2. The van der Waals surface area contributed by atoms with Gasteiger partial charge in [-0.1, -0.05) is 34.8 Å². The maximum absolute atomic E-state index is 12.9. The third-order valence-corrected chi connectivity index (χ3v) is 7.81. The van der Waals surface area contributed by atoms with Gasteiger partial charge in [0.1, 0.15) is 10.0 Å². The second kappa shape index (κ2) is 14.1. The van der Waals surface area contributed by atoms with Gasteiger partial charge in [-0.05, 0) is 31.0 Å². The molecule has 0 unspecified atom stereocenters. The fourth-order valence-electron chi connectivity index (χ4n) is 3.79. The van der Waals surface area contributed by atoms with E-state index in [1.807, 2.05) is 12.1 Å². The van der Waals surface area contributed by atoms with E-state index >= 15 is 0 Å². The van der Waals surface area contributed by atoms with Gasteiger partial charge in [0.25, 0.3) is 11.8 Å². The summed E-state index contributed by atoms with van der Waals surface area (Å²) in [5.74, 6) is 0.241. The first kappa shape index (κ1) is 30.8. The van der Waals surface area contributed by atoms with Crippen LogP contribution in [0.25, 0.3) is 0 Å². The first-order valence-corrected chi connectivity index (χ1v) is 14.2. The molecule has 3 aromatic heterocycles. The Labute approximate surface area is 246 Å². The number of aryl methyl sites for hydroxylation is 2. The minimum atomic E-state index is -4.49. The highest BCUT2D eigenvalue weighted by Crippen LogP contribution is 2.31. The Kier molecular flexibility index (Phi) is 10.4. The van der Waals surface area contributed by atoms with Crippen molar-refractivity contribution >= 4 is 34.5 Å². The molecule has 0 atom stereocenters. The predicted molar refractivity (Wildman–Crippen MR) is 148 cm³/mol. The second-order valence-corrected chi connectivity index (χ2v) is 10.9. The first-order valence-electron chi connectivity index (χ1n) is 12.6. The van der Waals surface area contributed by atoms with Crippen LogP contribution in [0.3, 0.4) is 0 Å². The molecule has 0 radical (unpaired) electrons. The molecule has 0 spiro atoms. The van der Waals surface area contributed by atoms with Crippen molar-refractivity contribution in [2.45, 2.75) is 44.9 Å². The molecule has 222 valence electrons. The van der Waals surface area contributed by atoms with E-state index in [0.29, 0.717) is 29.3 Å². The van der Waals surface area contributed by atoms with Crippen LogP contribution in [0.1, 0.15) is 59.3 Å². The van der Waals surface area contributed by atoms with Gasteiger partial charge >= 0.3 is 6.18 Å². The van der Waals surface area contributed by atoms with Crippen LogP contribution in [-0.2, 0) is 32.1 Å². The van der Waals surface area contributed by atoms with Crippen molar-refractivity contribution in [3.8, 4) is 11.5 Å². The van der Waals surface area contributed by atoms with Crippen molar-refractivity contribution in [2.24, 2.45) is 0 Å². The number of pyridine rings is 1. The smallest absolute Gasteiger partial charge is 0.416 e. The van der Waals surface area contributed by atoms with Gasteiger partial charge in [0, 0.05) is 31.1 Å². The quantitative estimate of drug-likeness (QED) is 0.210. The van der Waals surface area contributed by atoms with Gasteiger partial charge in [0.15, 0.2) is 11.5 Å². The average Bonchev–Trinajstić information content (AvgIpc) is 3.66. The number of halogens is 3. The van der Waals surface area contributed by atoms with Crippen molar-refractivity contribution < 1.29 is 32.2 Å². The van der Waals surface area contributed by atoms with Crippen LogP contribution in [0, 0.1) is 0 Å². The molecule has 3 heterocycles. The fraction of sp³-hybridized carbons (Fsp3) is 0.346. The van der Waals surface area contributed by atoms with Crippen molar-refractivity contribution in [1.82, 2.24) is 36.0 Å². The minimum absolute atomic E-state index is 0.0809. The van der Waals surface area contributed by atoms with Crippen LogP contribution in [0.4, 0.5) is 13.2 Å². The summed E-state index contributed by atoms with van der Waals surface area (Å²) in [5.41, 5.74) is 0.00995. The summed E-state index contributed by atoms with van der Waals surface area (Å²) in [5, 5.41) is 23.1. The number of amides is 2. The van der Waals surface area contributed by atoms with E-state index in [1.165, 1.54) is 18.4 Å². The number of alkyl halides is 3. The maximum atomic E-state index is 12.9. The lowest BCUT2D eigenvalue weighted by atomic mass is 10.2. The number of carbonyl (C=O) groups is 2. The number of benzene rings is 1. The monoisotopic (exact) mass is 621 g/mol. The Balaban J connectivity index is 1.19. The Morgan fingerprint density at radius 3 is 2.05 bits per heavy atom. The van der Waals surface area contributed by atoms with Gasteiger partial charge in [-0.2, -0.15) is 13.2 Å². The zero-order valence-electron chi connectivity index (χ0n) is 22.5. The number of para-hydroxylation sites is 1. The number of nitrogens with zero attached hydrogens (tertiary/aromatic N) is 5. The molecule has 42 heavy (non-hydrogen) atoms. The van der Waals surface area contributed by atoms with Gasteiger partial charge in [-0.15, -0.1) is 20.4 Å². The maximum Gasteiger partial charge on any atom is 0.416 e. The number of rotatable bonds is 13. The minimum Gasteiger partial charge on any atom is -0.493 e. The summed E-state index contributed by atoms with van der Waals surface area (Å²) in [4.78, 5) is 28.8. The van der Waals surface area contributed by atoms with E-state index in [0.717, 1.165) is 53.1 Å². The van der Waals surface area contributed by atoms with Crippen LogP contribution in [-0.4, -0.2) is 51.4 Å². The number of hydrogen-bond acceptors (Lipinski definition) is 11. The first-order chi connectivity index (χ1) is 20.2. The summed E-state index contributed by atoms with van der Waals surface area (Å²) in [6.07, 6.45) is -0.762. The number of methoxy groups -OCH3 is 2. The molecule has 1 aromatic carbocycles. The molecule has 11 nitrogen and oxygen atoms in total. The van der Waals surface area contributed by atoms with Crippen LogP contribution in [0.5, 0.6) is 11.5 Å². The van der Waals surface area contributed by atoms with Crippen molar-refractivity contribution in [3.05, 3.63) is 73.4 Å². The van der Waals surface area contributed by atoms with Gasteiger partial charge in [-0.25, -0.2) is 0 Å². The molecule has 2 N–H and O–H groups in total. The molecule has 4 aromatic rings. The fourth-order valence-corrected chi connectivity index (χ4v) is 5.38. The number of ether oxygens (including phenoxy) is 2. The number of nitrogens with one attached hydrogen (secondary N) is 2. The number of unbranched alkanes of at least 4 members (excludes halogenated alkanes) is 1. The molecular formula is C26H26F3N7O4S2. The predicted octanol–water partition coefficient (Wildman–Crippen LogP) is 4.25. The van der Waals surface area contributed by atoms with Gasteiger partial charge in [0.05, 0.1) is 32.0 Å². The molecule has 0 fully saturated rings. The molecule has 4 rings (SSSR count).